The van der Waals surface area contributed by atoms with Gasteiger partial charge in [0, 0.05) is 29.7 Å². The number of hydrogen-bond acceptors (Lipinski definition) is 4. The molecular formula is C23H21ClN4O3. The van der Waals surface area contributed by atoms with E-state index in [0.717, 1.165) is 5.56 Å². The second kappa shape index (κ2) is 8.00. The van der Waals surface area contributed by atoms with Gasteiger partial charge in [0.05, 0.1) is 6.54 Å². The van der Waals surface area contributed by atoms with Crippen molar-refractivity contribution in [2.24, 2.45) is 7.05 Å². The number of rotatable bonds is 5. The summed E-state index contributed by atoms with van der Waals surface area (Å²) in [6, 6.07) is 14.0. The molecule has 2 heterocycles. The molecule has 0 spiro atoms. The number of aryl methyl sites for hydroxylation is 2. The highest BCUT2D eigenvalue weighted by molar-refractivity contribution is 6.30. The van der Waals surface area contributed by atoms with Crippen LogP contribution in [0, 0.1) is 6.92 Å². The van der Waals surface area contributed by atoms with Crippen LogP contribution in [0.25, 0.3) is 11.2 Å². The third kappa shape index (κ3) is 3.61. The Morgan fingerprint density at radius 1 is 0.968 bits per heavy atom. The molecule has 7 nitrogen and oxygen atoms in total. The maximum absolute atomic E-state index is 12.7. The van der Waals surface area contributed by atoms with Crippen molar-refractivity contribution in [3.05, 3.63) is 96.9 Å². The van der Waals surface area contributed by atoms with Crippen LogP contribution in [0.1, 0.15) is 34.2 Å². The zero-order valence-electron chi connectivity index (χ0n) is 17.4. The summed E-state index contributed by atoms with van der Waals surface area (Å²) in [6.07, 6.45) is 0. The summed E-state index contributed by atoms with van der Waals surface area (Å²) < 4.78 is 4.48. The summed E-state index contributed by atoms with van der Waals surface area (Å²) in [4.78, 5) is 42.3. The molecule has 0 aliphatic rings. The quantitative estimate of drug-likeness (QED) is 0.450. The molecule has 0 atom stereocenters. The van der Waals surface area contributed by atoms with E-state index in [2.05, 4.69) is 4.98 Å². The predicted octanol–water partition coefficient (Wildman–Crippen LogP) is 3.16. The van der Waals surface area contributed by atoms with Crippen LogP contribution >= 0.6 is 11.6 Å². The molecule has 2 aromatic heterocycles. The fraction of sp³-hybridized carbons (Fsp3) is 0.217. The normalized spacial score (nSPS) is 11.2. The molecule has 8 heteroatoms. The van der Waals surface area contributed by atoms with Crippen molar-refractivity contribution in [2.45, 2.75) is 26.9 Å². The Bertz CT molecular complexity index is 1410. The highest BCUT2D eigenvalue weighted by atomic mass is 35.5. The Balaban J connectivity index is 1.69. The topological polar surface area (TPSA) is 78.9 Å². The Morgan fingerprint density at radius 2 is 1.55 bits per heavy atom. The predicted molar refractivity (Wildman–Crippen MR) is 120 cm³/mol. The van der Waals surface area contributed by atoms with Crippen molar-refractivity contribution in [3.8, 4) is 0 Å². The number of carbonyl (C=O) groups excluding carboxylic acids is 1. The minimum atomic E-state index is -0.383. The minimum absolute atomic E-state index is 0.0880. The summed E-state index contributed by atoms with van der Waals surface area (Å²) >= 11 is 5.89. The molecule has 31 heavy (non-hydrogen) atoms. The Kier molecular flexibility index (Phi) is 5.37. The monoisotopic (exact) mass is 436 g/mol. The average Bonchev–Trinajstić information content (AvgIpc) is 3.09. The summed E-state index contributed by atoms with van der Waals surface area (Å²) in [6.45, 7) is 4.26. The fourth-order valence-electron chi connectivity index (χ4n) is 3.70. The summed E-state index contributed by atoms with van der Waals surface area (Å²) in [5.41, 5.74) is 2.06. The van der Waals surface area contributed by atoms with Gasteiger partial charge < -0.3 is 4.57 Å². The lowest BCUT2D eigenvalue weighted by molar-refractivity contribution is 0.103. The van der Waals surface area contributed by atoms with E-state index in [-0.39, 0.29) is 29.1 Å². The van der Waals surface area contributed by atoms with E-state index in [0.29, 0.717) is 34.2 Å². The van der Waals surface area contributed by atoms with E-state index >= 15 is 0 Å². The number of nitrogens with zero attached hydrogens (tertiary/aromatic N) is 4. The lowest BCUT2D eigenvalue weighted by Crippen LogP contribution is -2.39. The van der Waals surface area contributed by atoms with Crippen molar-refractivity contribution >= 4 is 28.5 Å². The zero-order valence-corrected chi connectivity index (χ0v) is 18.2. The lowest BCUT2D eigenvalue weighted by Gasteiger charge is -2.11. The summed E-state index contributed by atoms with van der Waals surface area (Å²) in [5, 5.41) is 0.579. The van der Waals surface area contributed by atoms with Gasteiger partial charge in [-0.3, -0.25) is 18.7 Å². The van der Waals surface area contributed by atoms with Gasteiger partial charge in [-0.15, -0.1) is 0 Å². The molecule has 0 amide bonds. The third-order valence-electron chi connectivity index (χ3n) is 5.39. The maximum atomic E-state index is 12.7. The SMILES string of the molecule is CCn1c(=O)c2nc(C)n(Cc3ccc(C(=O)c4ccc(Cl)cc4)cc3)c2n(C)c1=O. The van der Waals surface area contributed by atoms with Crippen molar-refractivity contribution in [1.82, 2.24) is 18.7 Å². The molecule has 2 aromatic carbocycles. The number of fused-ring (bicyclic) bond motifs is 1. The molecular weight excluding hydrogens is 416 g/mol. The third-order valence-corrected chi connectivity index (χ3v) is 5.65. The number of hydrogen-bond donors (Lipinski definition) is 0. The largest absolute Gasteiger partial charge is 0.332 e. The molecule has 4 aromatic rings. The van der Waals surface area contributed by atoms with Gasteiger partial charge in [0.2, 0.25) is 0 Å². The van der Waals surface area contributed by atoms with E-state index in [4.69, 9.17) is 11.6 Å². The molecule has 158 valence electrons. The van der Waals surface area contributed by atoms with E-state index in [1.807, 2.05) is 16.7 Å². The standard InChI is InChI=1S/C23H21ClN4O3/c1-4-27-22(30)19-21(26(3)23(27)31)28(14(2)25-19)13-15-5-7-16(8-6-15)20(29)17-9-11-18(24)12-10-17/h5-12H,4,13H2,1-3H3. The van der Waals surface area contributed by atoms with Gasteiger partial charge in [-0.25, -0.2) is 9.78 Å². The van der Waals surface area contributed by atoms with Gasteiger partial charge in [-0.2, -0.15) is 0 Å². The van der Waals surface area contributed by atoms with Crippen LogP contribution in [0.5, 0.6) is 0 Å². The zero-order chi connectivity index (χ0) is 22.3. The minimum Gasteiger partial charge on any atom is -0.310 e. The van der Waals surface area contributed by atoms with Gasteiger partial charge in [0.25, 0.3) is 5.56 Å². The first-order valence-electron chi connectivity index (χ1n) is 9.87. The number of ketones is 1. The van der Waals surface area contributed by atoms with Crippen LogP contribution < -0.4 is 11.2 Å². The molecule has 0 fully saturated rings. The van der Waals surface area contributed by atoms with Gasteiger partial charge in [-0.1, -0.05) is 35.9 Å². The maximum Gasteiger partial charge on any atom is 0.332 e. The van der Waals surface area contributed by atoms with Crippen LogP contribution in [0.4, 0.5) is 0 Å². The smallest absolute Gasteiger partial charge is 0.310 e. The van der Waals surface area contributed by atoms with Crippen LogP contribution in [0.15, 0.2) is 58.1 Å². The van der Waals surface area contributed by atoms with Crippen LogP contribution in [-0.4, -0.2) is 24.5 Å². The van der Waals surface area contributed by atoms with Crippen LogP contribution in [0.3, 0.4) is 0 Å². The molecule has 0 saturated carbocycles. The van der Waals surface area contributed by atoms with Gasteiger partial charge in [-0.05, 0) is 43.7 Å². The Morgan fingerprint density at radius 3 is 2.13 bits per heavy atom. The van der Waals surface area contributed by atoms with Crippen molar-refractivity contribution < 1.29 is 4.79 Å². The molecule has 0 aliphatic carbocycles. The second-order valence-electron chi connectivity index (χ2n) is 7.34. The van der Waals surface area contributed by atoms with Crippen LogP contribution in [-0.2, 0) is 20.1 Å². The molecule has 4 rings (SSSR count). The Hall–Kier alpha value is -3.45. The van der Waals surface area contributed by atoms with Gasteiger partial charge >= 0.3 is 5.69 Å². The van der Waals surface area contributed by atoms with E-state index in [1.165, 1.54) is 9.13 Å². The number of halogens is 1. The average molecular weight is 437 g/mol. The first-order valence-corrected chi connectivity index (χ1v) is 10.3. The first-order chi connectivity index (χ1) is 14.8. The number of carbonyl (C=O) groups is 1. The summed E-state index contributed by atoms with van der Waals surface area (Å²) in [5.74, 6) is 0.548. The van der Waals surface area contributed by atoms with Crippen molar-refractivity contribution in [1.29, 1.82) is 0 Å². The lowest BCUT2D eigenvalue weighted by atomic mass is 10.0. The number of aromatic nitrogens is 4. The molecule has 0 unspecified atom stereocenters. The molecule has 0 saturated heterocycles. The second-order valence-corrected chi connectivity index (χ2v) is 7.78. The molecule has 0 N–H and O–H groups in total. The molecule has 0 bridgehead atoms. The highest BCUT2D eigenvalue weighted by Crippen LogP contribution is 2.17. The molecule has 0 aliphatic heterocycles. The van der Waals surface area contributed by atoms with Gasteiger partial charge in [0.1, 0.15) is 11.5 Å². The molecule has 0 radical (unpaired) electrons. The van der Waals surface area contributed by atoms with Crippen LogP contribution in [0.2, 0.25) is 5.02 Å². The van der Waals surface area contributed by atoms with E-state index < -0.39 is 0 Å². The number of imidazole rings is 1. The fourth-order valence-corrected chi connectivity index (χ4v) is 3.83. The van der Waals surface area contributed by atoms with Crippen molar-refractivity contribution in [2.75, 3.05) is 0 Å². The summed E-state index contributed by atoms with van der Waals surface area (Å²) in [7, 11) is 1.64. The number of benzene rings is 2. The highest BCUT2D eigenvalue weighted by Gasteiger charge is 2.18. The van der Waals surface area contributed by atoms with E-state index in [1.54, 1.807) is 57.3 Å². The van der Waals surface area contributed by atoms with Crippen molar-refractivity contribution in [3.63, 3.8) is 0 Å². The van der Waals surface area contributed by atoms with Gasteiger partial charge in [0.15, 0.2) is 11.3 Å². The van der Waals surface area contributed by atoms with E-state index in [9.17, 15) is 14.4 Å². The first kappa shape index (κ1) is 20.8. The Labute approximate surface area is 183 Å².